The van der Waals surface area contributed by atoms with Crippen molar-refractivity contribution in [2.75, 3.05) is 0 Å². The molecule has 0 aliphatic rings. The third-order valence-corrected chi connectivity index (χ3v) is 0.406. The number of nitrogens with zero attached hydrogens (tertiary/aromatic N) is 1. The maximum Gasteiger partial charge on any atom is 0 e. The average molecular weight is 305 g/mol. The van der Waals surface area contributed by atoms with Gasteiger partial charge < -0.3 is 0 Å². The van der Waals surface area contributed by atoms with Crippen LogP contribution < -0.4 is 0 Å². The molecule has 0 saturated carbocycles. The Hall–Kier alpha value is -2.12. The number of allylic oxidation sites excluding steroid dienone is 1. The van der Waals surface area contributed by atoms with Crippen LogP contribution in [0.4, 0.5) is 8.78 Å². The van der Waals surface area contributed by atoms with Crippen molar-refractivity contribution in [3.05, 3.63) is 56.4 Å². The van der Waals surface area contributed by atoms with E-state index in [1.54, 1.807) is 0 Å². The molecule has 0 radical (unpaired) electrons. The molecule has 0 heterocycles. The van der Waals surface area contributed by atoms with Gasteiger partial charge in [-0.15, -0.1) is 6.42 Å². The van der Waals surface area contributed by atoms with Gasteiger partial charge in [0.2, 0.25) is 5.83 Å². The molecule has 0 aliphatic carbocycles. The Bertz CT molecular complexity index is 325. The van der Waals surface area contributed by atoms with Crippen LogP contribution in [0.25, 0.3) is 4.85 Å². The molecule has 0 aromatic carbocycles. The zero-order valence-corrected chi connectivity index (χ0v) is 10.0. The number of hydrogen-bond acceptors (Lipinski definition) is 0. The molecule has 0 atom stereocenters. The molecule has 0 fully saturated rings. The van der Waals surface area contributed by atoms with Gasteiger partial charge in [-0.3, -0.25) is 0 Å². The molecular formula is C10HCrF2NO5. The van der Waals surface area contributed by atoms with Gasteiger partial charge in [-0.05, 0) is 5.92 Å². The van der Waals surface area contributed by atoms with Gasteiger partial charge in [0.25, 0.3) is 0 Å². The smallest absolute Gasteiger partial charge is 0 e. The molecule has 0 saturated heterocycles. The first-order chi connectivity index (χ1) is 8.72. The maximum absolute atomic E-state index is 11.6. The summed E-state index contributed by atoms with van der Waals surface area (Å²) in [7, 11) is 0. The van der Waals surface area contributed by atoms with Gasteiger partial charge in [0.05, 0.1) is 6.57 Å². The first-order valence-corrected chi connectivity index (χ1v) is 2.63. The van der Waals surface area contributed by atoms with E-state index in [0.717, 1.165) is 0 Å². The number of halogens is 2. The van der Waals surface area contributed by atoms with Gasteiger partial charge in [-0.25, -0.2) is 13.6 Å². The SMILES string of the molecule is [C-]#[N+]/C(F)=C(/F)C#C.[C-]#[O+].[C-]#[O+].[C-]#[O+].[C-]#[O+].[C-]#[O+].[Cr]. The van der Waals surface area contributed by atoms with Crippen LogP contribution in [0.1, 0.15) is 0 Å². The van der Waals surface area contributed by atoms with Crippen LogP contribution >= 0.6 is 0 Å². The van der Waals surface area contributed by atoms with E-state index < -0.39 is 11.8 Å². The molecule has 0 aromatic heterocycles. The van der Waals surface area contributed by atoms with Crippen LogP contribution in [0.15, 0.2) is 11.8 Å². The second kappa shape index (κ2) is 102. The first-order valence-electron chi connectivity index (χ1n) is 2.63. The molecule has 6 nitrogen and oxygen atoms in total. The molecule has 0 unspecified atom stereocenters. The Balaban J connectivity index is -0.0000000223. The minimum Gasteiger partial charge on any atom is 0 e. The van der Waals surface area contributed by atoms with E-state index in [9.17, 15) is 8.78 Å². The van der Waals surface area contributed by atoms with Crippen molar-refractivity contribution in [3.8, 4) is 12.3 Å². The summed E-state index contributed by atoms with van der Waals surface area (Å²) in [5.41, 5.74) is 0. The standard InChI is InChI=1S/C5HF2N.5CO.Cr/c1-3-4(6)5(7)8-2;5*1-2;/h1H;;;;;;/b5-4+;;;;;;. The van der Waals surface area contributed by atoms with Crippen LogP contribution in [0, 0.1) is 52.2 Å². The Kier molecular flexibility index (Phi) is 233. The monoisotopic (exact) mass is 305 g/mol. The minimum absolute atomic E-state index is 0. The van der Waals surface area contributed by atoms with E-state index in [-0.39, 0.29) is 17.4 Å². The van der Waals surface area contributed by atoms with E-state index >= 15 is 0 Å². The van der Waals surface area contributed by atoms with E-state index in [1.807, 2.05) is 0 Å². The quantitative estimate of drug-likeness (QED) is 0.280. The van der Waals surface area contributed by atoms with E-state index in [2.05, 4.69) is 44.5 Å². The van der Waals surface area contributed by atoms with Gasteiger partial charge in [-0.1, -0.05) is 0 Å². The molecule has 0 spiro atoms. The topological polar surface area (TPSA) is 104 Å². The Labute approximate surface area is 119 Å². The Morgan fingerprint density at radius 2 is 1.05 bits per heavy atom. The molecule has 0 aromatic rings. The van der Waals surface area contributed by atoms with Gasteiger partial charge in [-0.2, -0.15) is 0 Å². The molecule has 0 N–H and O–H groups in total. The zero-order chi connectivity index (χ0) is 16.6. The van der Waals surface area contributed by atoms with E-state index in [0.29, 0.717) is 0 Å². The van der Waals surface area contributed by atoms with Crippen LogP contribution in [0.5, 0.6) is 0 Å². The second-order valence-corrected chi connectivity index (χ2v) is 0.861. The Morgan fingerprint density at radius 1 is 0.842 bits per heavy atom. The number of terminal acetylenes is 1. The first kappa shape index (κ1) is 43.6. The summed E-state index contributed by atoms with van der Waals surface area (Å²) in [6.45, 7) is 28.4. The molecule has 96 valence electrons. The van der Waals surface area contributed by atoms with Crippen molar-refractivity contribution in [2.45, 2.75) is 0 Å². The van der Waals surface area contributed by atoms with Crippen molar-refractivity contribution in [1.29, 1.82) is 0 Å². The summed E-state index contributed by atoms with van der Waals surface area (Å²) in [6, 6.07) is 0. The zero-order valence-electron chi connectivity index (χ0n) is 8.73. The third-order valence-electron chi connectivity index (χ3n) is 0.406. The summed E-state index contributed by atoms with van der Waals surface area (Å²) < 4.78 is 60.6. The van der Waals surface area contributed by atoms with Crippen molar-refractivity contribution in [1.82, 2.24) is 0 Å². The minimum atomic E-state index is -1.56. The van der Waals surface area contributed by atoms with Crippen LogP contribution in [-0.4, -0.2) is 0 Å². The van der Waals surface area contributed by atoms with Gasteiger partial charge in [0.1, 0.15) is 0 Å². The van der Waals surface area contributed by atoms with Crippen molar-refractivity contribution in [3.63, 3.8) is 0 Å². The summed E-state index contributed by atoms with van der Waals surface area (Å²) in [5.74, 6) is -1.67. The maximum atomic E-state index is 11.6. The average Bonchev–Trinajstić information content (AvgIpc) is 2.55. The predicted octanol–water partition coefficient (Wildman–Crippen LogP) is 1.46. The van der Waals surface area contributed by atoms with Crippen molar-refractivity contribution in [2.24, 2.45) is 0 Å². The summed E-state index contributed by atoms with van der Waals surface area (Å²) in [4.78, 5) is 2.10. The molecule has 19 heavy (non-hydrogen) atoms. The molecule has 0 rings (SSSR count). The molecule has 0 bridgehead atoms. The normalized spacial score (nSPS) is 5.16. The fraction of sp³-hybridized carbons (Fsp3) is 0. The van der Waals surface area contributed by atoms with Gasteiger partial charge in [0.15, 0.2) is 0 Å². The fourth-order valence-corrected chi connectivity index (χ4v) is 0.109. The van der Waals surface area contributed by atoms with Gasteiger partial charge >= 0.3 is 62.5 Å². The third kappa shape index (κ3) is 88.5. The molecular weight excluding hydrogens is 304 g/mol. The van der Waals surface area contributed by atoms with Crippen LogP contribution in [0.3, 0.4) is 0 Å². The van der Waals surface area contributed by atoms with Crippen molar-refractivity contribution < 1.29 is 49.4 Å². The van der Waals surface area contributed by atoms with Crippen LogP contribution in [0.2, 0.25) is 0 Å². The summed E-state index contributed by atoms with van der Waals surface area (Å²) in [5, 5.41) is 0. The molecule has 0 amide bonds. The largest absolute Gasteiger partial charge is 0 e. The van der Waals surface area contributed by atoms with Crippen molar-refractivity contribution >= 4 is 0 Å². The summed E-state index contributed by atoms with van der Waals surface area (Å²) in [6.07, 6.45) is 4.38. The summed E-state index contributed by atoms with van der Waals surface area (Å²) >= 11 is 0. The van der Waals surface area contributed by atoms with E-state index in [1.165, 1.54) is 5.92 Å². The number of hydrogen-bond donors (Lipinski definition) is 0. The second-order valence-electron chi connectivity index (χ2n) is 0.861. The Morgan fingerprint density at radius 3 is 1.11 bits per heavy atom. The fourth-order valence-electron chi connectivity index (χ4n) is 0.109. The predicted molar refractivity (Wildman–Crippen MR) is 44.3 cm³/mol. The van der Waals surface area contributed by atoms with E-state index in [4.69, 9.17) is 29.8 Å². The number of rotatable bonds is 0. The molecule has 0 aliphatic heterocycles. The van der Waals surface area contributed by atoms with Crippen LogP contribution in [-0.2, 0) is 40.6 Å². The van der Waals surface area contributed by atoms with Gasteiger partial charge in [0, 0.05) is 17.4 Å². The molecule has 9 heteroatoms.